The lowest BCUT2D eigenvalue weighted by Gasteiger charge is -2.24. The third-order valence-electron chi connectivity index (χ3n) is 2.46. The first kappa shape index (κ1) is 10.5. The minimum absolute atomic E-state index is 0.245. The van der Waals surface area contributed by atoms with Crippen LogP contribution >= 0.6 is 0 Å². The topological polar surface area (TPSA) is 64.3 Å². The lowest BCUT2D eigenvalue weighted by molar-refractivity contribution is -0.136. The number of amides is 1. The van der Waals surface area contributed by atoms with E-state index in [9.17, 15) is 4.79 Å². The number of hydrogen-bond acceptors (Lipinski definition) is 3. The van der Waals surface area contributed by atoms with E-state index in [1.807, 2.05) is 0 Å². The van der Waals surface area contributed by atoms with Crippen molar-refractivity contribution in [2.45, 2.75) is 51.2 Å². The SMILES string of the molecule is CC(OC1CCCCC1)C(=O)NN. The Kier molecular flexibility index (Phi) is 4.18. The van der Waals surface area contributed by atoms with Crippen LogP contribution in [-0.4, -0.2) is 18.1 Å². The van der Waals surface area contributed by atoms with Gasteiger partial charge in [-0.05, 0) is 19.8 Å². The smallest absolute Gasteiger partial charge is 0.262 e. The molecule has 1 aliphatic carbocycles. The summed E-state index contributed by atoms with van der Waals surface area (Å²) in [5.41, 5.74) is 2.09. The molecule has 0 bridgehead atoms. The van der Waals surface area contributed by atoms with Crippen LogP contribution in [0.5, 0.6) is 0 Å². The van der Waals surface area contributed by atoms with Gasteiger partial charge in [0.05, 0.1) is 6.10 Å². The second kappa shape index (κ2) is 5.19. The highest BCUT2D eigenvalue weighted by Crippen LogP contribution is 2.21. The fraction of sp³-hybridized carbons (Fsp3) is 0.889. The van der Waals surface area contributed by atoms with Crippen LogP contribution in [-0.2, 0) is 9.53 Å². The first-order valence-electron chi connectivity index (χ1n) is 4.90. The normalized spacial score (nSPS) is 21.1. The summed E-state index contributed by atoms with van der Waals surface area (Å²) in [5.74, 6) is 4.75. The van der Waals surface area contributed by atoms with Gasteiger partial charge in [0.1, 0.15) is 6.10 Å². The highest BCUT2D eigenvalue weighted by atomic mass is 16.5. The number of rotatable bonds is 3. The molecule has 0 aromatic rings. The predicted molar refractivity (Wildman–Crippen MR) is 49.8 cm³/mol. The van der Waals surface area contributed by atoms with Gasteiger partial charge in [0, 0.05) is 0 Å². The monoisotopic (exact) mass is 186 g/mol. The predicted octanol–water partition coefficient (Wildman–Crippen LogP) is 0.714. The maximum atomic E-state index is 11.0. The van der Waals surface area contributed by atoms with E-state index in [1.165, 1.54) is 19.3 Å². The van der Waals surface area contributed by atoms with Gasteiger partial charge >= 0.3 is 0 Å². The first-order valence-corrected chi connectivity index (χ1v) is 4.90. The van der Waals surface area contributed by atoms with E-state index in [0.717, 1.165) is 12.8 Å². The number of hydrazine groups is 1. The Morgan fingerprint density at radius 1 is 1.46 bits per heavy atom. The first-order chi connectivity index (χ1) is 6.24. The Labute approximate surface area is 78.8 Å². The van der Waals surface area contributed by atoms with Crippen molar-refractivity contribution < 1.29 is 9.53 Å². The minimum Gasteiger partial charge on any atom is -0.365 e. The molecule has 0 radical (unpaired) electrons. The average Bonchev–Trinajstić information content (AvgIpc) is 2.18. The lowest BCUT2D eigenvalue weighted by Crippen LogP contribution is -2.40. The summed E-state index contributed by atoms with van der Waals surface area (Å²) in [7, 11) is 0. The van der Waals surface area contributed by atoms with Crippen molar-refractivity contribution in [3.8, 4) is 0 Å². The van der Waals surface area contributed by atoms with Crippen LogP contribution in [0.2, 0.25) is 0 Å². The molecule has 0 heterocycles. The summed E-state index contributed by atoms with van der Waals surface area (Å²) in [6.45, 7) is 1.73. The molecule has 1 aliphatic rings. The molecule has 1 amide bonds. The quantitative estimate of drug-likeness (QED) is 0.387. The third kappa shape index (κ3) is 3.32. The molecule has 4 nitrogen and oxygen atoms in total. The van der Waals surface area contributed by atoms with Crippen LogP contribution in [0.15, 0.2) is 0 Å². The summed E-state index contributed by atoms with van der Waals surface area (Å²) in [5, 5.41) is 0. The van der Waals surface area contributed by atoms with Gasteiger partial charge in [0.25, 0.3) is 5.91 Å². The third-order valence-corrected chi connectivity index (χ3v) is 2.46. The molecule has 13 heavy (non-hydrogen) atoms. The minimum atomic E-state index is -0.423. The van der Waals surface area contributed by atoms with E-state index in [1.54, 1.807) is 6.92 Å². The summed E-state index contributed by atoms with van der Waals surface area (Å²) >= 11 is 0. The van der Waals surface area contributed by atoms with Crippen molar-refractivity contribution in [3.05, 3.63) is 0 Å². The molecule has 0 aromatic heterocycles. The second-order valence-electron chi connectivity index (χ2n) is 3.55. The Morgan fingerprint density at radius 3 is 2.62 bits per heavy atom. The Morgan fingerprint density at radius 2 is 2.08 bits per heavy atom. The molecule has 4 heteroatoms. The lowest BCUT2D eigenvalue weighted by atomic mass is 9.98. The van der Waals surface area contributed by atoms with Gasteiger partial charge < -0.3 is 4.74 Å². The zero-order chi connectivity index (χ0) is 9.68. The summed E-state index contributed by atoms with van der Waals surface area (Å²) in [6, 6.07) is 0. The zero-order valence-electron chi connectivity index (χ0n) is 8.08. The maximum absolute atomic E-state index is 11.0. The molecule has 1 atom stereocenters. The molecule has 1 saturated carbocycles. The van der Waals surface area contributed by atoms with Gasteiger partial charge in [-0.3, -0.25) is 10.2 Å². The Bertz CT molecular complexity index is 167. The molecule has 1 fully saturated rings. The van der Waals surface area contributed by atoms with Gasteiger partial charge in [-0.2, -0.15) is 0 Å². The van der Waals surface area contributed by atoms with Crippen molar-refractivity contribution in [1.29, 1.82) is 0 Å². The number of nitrogens with one attached hydrogen (secondary N) is 1. The van der Waals surface area contributed by atoms with Crippen LogP contribution in [0.1, 0.15) is 39.0 Å². The largest absolute Gasteiger partial charge is 0.365 e. The molecule has 0 aromatic carbocycles. The van der Waals surface area contributed by atoms with Gasteiger partial charge in [0.15, 0.2) is 0 Å². The van der Waals surface area contributed by atoms with E-state index in [2.05, 4.69) is 5.43 Å². The van der Waals surface area contributed by atoms with Crippen molar-refractivity contribution in [2.75, 3.05) is 0 Å². The highest BCUT2D eigenvalue weighted by Gasteiger charge is 2.20. The number of carbonyl (C=O) groups excluding carboxylic acids is 1. The fourth-order valence-corrected chi connectivity index (χ4v) is 1.67. The van der Waals surface area contributed by atoms with E-state index in [0.29, 0.717) is 0 Å². The van der Waals surface area contributed by atoms with Crippen LogP contribution in [0.4, 0.5) is 0 Å². The van der Waals surface area contributed by atoms with Crippen molar-refractivity contribution in [3.63, 3.8) is 0 Å². The fourth-order valence-electron chi connectivity index (χ4n) is 1.67. The molecule has 0 spiro atoms. The molecular formula is C9H18N2O2. The van der Waals surface area contributed by atoms with E-state index >= 15 is 0 Å². The van der Waals surface area contributed by atoms with E-state index in [4.69, 9.17) is 10.6 Å². The molecule has 0 aliphatic heterocycles. The van der Waals surface area contributed by atoms with Crippen LogP contribution in [0, 0.1) is 0 Å². The number of carbonyl (C=O) groups is 1. The molecule has 1 unspecified atom stereocenters. The number of hydrogen-bond donors (Lipinski definition) is 2. The zero-order valence-corrected chi connectivity index (χ0v) is 8.08. The molecule has 1 rings (SSSR count). The van der Waals surface area contributed by atoms with Crippen molar-refractivity contribution in [2.24, 2.45) is 5.84 Å². The molecule has 76 valence electrons. The second-order valence-corrected chi connectivity index (χ2v) is 3.55. The van der Waals surface area contributed by atoms with Gasteiger partial charge in [-0.25, -0.2) is 5.84 Å². The van der Waals surface area contributed by atoms with Crippen LogP contribution in [0.3, 0.4) is 0 Å². The molecule has 0 saturated heterocycles. The van der Waals surface area contributed by atoms with Crippen molar-refractivity contribution in [1.82, 2.24) is 5.43 Å². The van der Waals surface area contributed by atoms with Crippen LogP contribution in [0.25, 0.3) is 0 Å². The summed E-state index contributed by atoms with van der Waals surface area (Å²) in [6.07, 6.45) is 5.68. The summed E-state index contributed by atoms with van der Waals surface area (Å²) < 4.78 is 5.55. The van der Waals surface area contributed by atoms with E-state index in [-0.39, 0.29) is 12.0 Å². The number of nitrogens with two attached hydrogens (primary N) is 1. The standard InChI is InChI=1S/C9H18N2O2/c1-7(9(12)11-10)13-8-5-3-2-4-6-8/h7-8H,2-6,10H2,1H3,(H,11,12). The summed E-state index contributed by atoms with van der Waals surface area (Å²) in [4.78, 5) is 11.0. The number of ether oxygens (including phenoxy) is 1. The maximum Gasteiger partial charge on any atom is 0.262 e. The molecule has 3 N–H and O–H groups in total. The highest BCUT2D eigenvalue weighted by molar-refractivity contribution is 5.79. The Balaban J connectivity index is 2.25. The van der Waals surface area contributed by atoms with Gasteiger partial charge in [-0.1, -0.05) is 19.3 Å². The Hall–Kier alpha value is -0.610. The van der Waals surface area contributed by atoms with Crippen LogP contribution < -0.4 is 11.3 Å². The van der Waals surface area contributed by atoms with Gasteiger partial charge in [-0.15, -0.1) is 0 Å². The molecular weight excluding hydrogens is 168 g/mol. The van der Waals surface area contributed by atoms with Gasteiger partial charge in [0.2, 0.25) is 0 Å². The van der Waals surface area contributed by atoms with Crippen molar-refractivity contribution >= 4 is 5.91 Å². The van der Waals surface area contributed by atoms with E-state index < -0.39 is 6.10 Å². The average molecular weight is 186 g/mol.